The first-order chi connectivity index (χ1) is 8.29. The predicted molar refractivity (Wildman–Crippen MR) is 68.5 cm³/mol. The monoisotopic (exact) mass is 260 g/mol. The molecule has 0 saturated carbocycles. The molecule has 18 heavy (non-hydrogen) atoms. The Hall–Kier alpha value is -1.30. The highest BCUT2D eigenvalue weighted by Gasteiger charge is 2.19. The summed E-state index contributed by atoms with van der Waals surface area (Å²) in [5.74, 6) is -1.19. The van der Waals surface area contributed by atoms with E-state index in [0.717, 1.165) is 0 Å². The second-order valence-electron chi connectivity index (χ2n) is 4.82. The number of aliphatic carboxylic acids is 1. The summed E-state index contributed by atoms with van der Waals surface area (Å²) in [6.45, 7) is 6.19. The van der Waals surface area contributed by atoms with E-state index in [1.165, 1.54) is 4.90 Å². The minimum atomic E-state index is -0.911. The van der Waals surface area contributed by atoms with Crippen LogP contribution in [0.2, 0.25) is 0 Å². The summed E-state index contributed by atoms with van der Waals surface area (Å²) < 4.78 is 5.23. The fraction of sp³-hybridized carbons (Fsp3) is 0.833. The van der Waals surface area contributed by atoms with E-state index in [4.69, 9.17) is 9.84 Å². The molecule has 0 bridgehead atoms. The van der Waals surface area contributed by atoms with Crippen molar-refractivity contribution in [2.24, 2.45) is 11.8 Å². The van der Waals surface area contributed by atoms with Gasteiger partial charge in [-0.2, -0.15) is 0 Å². The lowest BCUT2D eigenvalue weighted by atomic mass is 10.1. The molecule has 6 nitrogen and oxygen atoms in total. The number of carbonyl (C=O) groups excluding carboxylic acids is 1. The van der Waals surface area contributed by atoms with Gasteiger partial charge in [0.05, 0.1) is 12.0 Å². The minimum Gasteiger partial charge on any atom is -0.481 e. The molecule has 2 N–H and O–H groups in total. The van der Waals surface area contributed by atoms with Crippen LogP contribution in [0.15, 0.2) is 0 Å². The van der Waals surface area contributed by atoms with Crippen molar-refractivity contribution in [3.8, 4) is 0 Å². The number of carboxylic acid groups (broad SMARTS) is 1. The largest absolute Gasteiger partial charge is 0.481 e. The quantitative estimate of drug-likeness (QED) is 0.716. The number of methoxy groups -OCH3 is 1. The van der Waals surface area contributed by atoms with Gasteiger partial charge in [-0.3, -0.25) is 4.79 Å². The molecule has 0 spiro atoms. The van der Waals surface area contributed by atoms with Gasteiger partial charge in [-0.1, -0.05) is 20.8 Å². The Kier molecular flexibility index (Phi) is 7.35. The van der Waals surface area contributed by atoms with E-state index >= 15 is 0 Å². The molecular weight excluding hydrogens is 236 g/mol. The number of nitrogens with zero attached hydrogens (tertiary/aromatic N) is 1. The third kappa shape index (κ3) is 5.86. The number of urea groups is 1. The molecule has 0 aliphatic carbocycles. The Morgan fingerprint density at radius 3 is 2.28 bits per heavy atom. The van der Waals surface area contributed by atoms with Gasteiger partial charge >= 0.3 is 12.0 Å². The molecule has 6 heteroatoms. The molecule has 0 aliphatic rings. The highest BCUT2D eigenvalue weighted by Crippen LogP contribution is 2.04. The molecule has 0 aromatic heterocycles. The van der Waals surface area contributed by atoms with Gasteiger partial charge in [0, 0.05) is 27.2 Å². The zero-order chi connectivity index (χ0) is 14.3. The summed E-state index contributed by atoms with van der Waals surface area (Å²) in [6.07, 6.45) is -0.0424. The first-order valence-corrected chi connectivity index (χ1v) is 6.04. The maximum Gasteiger partial charge on any atom is 0.317 e. The van der Waals surface area contributed by atoms with Crippen molar-refractivity contribution in [1.82, 2.24) is 10.2 Å². The molecule has 0 rings (SSSR count). The third-order valence-electron chi connectivity index (χ3n) is 2.82. The second kappa shape index (κ2) is 7.92. The molecule has 2 atom stereocenters. The van der Waals surface area contributed by atoms with Crippen molar-refractivity contribution < 1.29 is 19.4 Å². The molecule has 0 aromatic rings. The molecule has 0 aromatic carbocycles. The van der Waals surface area contributed by atoms with Gasteiger partial charge in [0.15, 0.2) is 0 Å². The van der Waals surface area contributed by atoms with Crippen LogP contribution in [0, 0.1) is 11.8 Å². The van der Waals surface area contributed by atoms with Crippen molar-refractivity contribution in [2.75, 3.05) is 27.2 Å². The molecule has 0 radical (unpaired) electrons. The Labute approximate surface area is 108 Å². The molecule has 106 valence electrons. The number of hydrogen-bond acceptors (Lipinski definition) is 3. The molecule has 0 heterocycles. The first kappa shape index (κ1) is 16.7. The summed E-state index contributed by atoms with van der Waals surface area (Å²) in [5.41, 5.74) is 0. The SMILES string of the molecule is COC(CNC(=O)N(C)CC(C)C(=O)O)C(C)C. The summed E-state index contributed by atoms with van der Waals surface area (Å²) >= 11 is 0. The van der Waals surface area contributed by atoms with Crippen LogP contribution in [-0.2, 0) is 9.53 Å². The third-order valence-corrected chi connectivity index (χ3v) is 2.82. The first-order valence-electron chi connectivity index (χ1n) is 6.04. The molecule has 2 unspecified atom stereocenters. The lowest BCUT2D eigenvalue weighted by Gasteiger charge is -2.23. The summed E-state index contributed by atoms with van der Waals surface area (Å²) in [4.78, 5) is 23.8. The Balaban J connectivity index is 4.12. The number of amides is 2. The molecule has 2 amide bonds. The van der Waals surface area contributed by atoms with Gasteiger partial charge in [0.2, 0.25) is 0 Å². The number of ether oxygens (including phenoxy) is 1. The van der Waals surface area contributed by atoms with E-state index in [0.29, 0.717) is 12.5 Å². The van der Waals surface area contributed by atoms with E-state index in [9.17, 15) is 9.59 Å². The highest BCUT2D eigenvalue weighted by molar-refractivity contribution is 5.75. The zero-order valence-corrected chi connectivity index (χ0v) is 11.8. The summed E-state index contributed by atoms with van der Waals surface area (Å²) in [5, 5.41) is 11.5. The van der Waals surface area contributed by atoms with E-state index < -0.39 is 11.9 Å². The zero-order valence-electron chi connectivity index (χ0n) is 11.8. The Morgan fingerprint density at radius 2 is 1.89 bits per heavy atom. The number of carboxylic acids is 1. The predicted octanol–water partition coefficient (Wildman–Crippen LogP) is 1.02. The molecule has 0 saturated heterocycles. The fourth-order valence-electron chi connectivity index (χ4n) is 1.49. The second-order valence-corrected chi connectivity index (χ2v) is 4.82. The molecular formula is C12H24N2O4. The summed E-state index contributed by atoms with van der Waals surface area (Å²) in [6, 6.07) is -0.286. The van der Waals surface area contributed by atoms with Crippen molar-refractivity contribution in [1.29, 1.82) is 0 Å². The van der Waals surface area contributed by atoms with Crippen molar-refractivity contribution >= 4 is 12.0 Å². The summed E-state index contributed by atoms with van der Waals surface area (Å²) in [7, 11) is 3.18. The average Bonchev–Trinajstić information content (AvgIpc) is 2.28. The number of nitrogens with one attached hydrogen (secondary N) is 1. The molecule has 0 fully saturated rings. The Morgan fingerprint density at radius 1 is 1.33 bits per heavy atom. The van der Waals surface area contributed by atoms with Crippen LogP contribution >= 0.6 is 0 Å². The lowest BCUT2D eigenvalue weighted by Crippen LogP contribution is -2.44. The van der Waals surface area contributed by atoms with Crippen LogP contribution in [0.1, 0.15) is 20.8 Å². The van der Waals surface area contributed by atoms with Crippen LogP contribution < -0.4 is 5.32 Å². The van der Waals surface area contributed by atoms with E-state index in [-0.39, 0.29) is 18.7 Å². The van der Waals surface area contributed by atoms with Crippen molar-refractivity contribution in [2.45, 2.75) is 26.9 Å². The highest BCUT2D eigenvalue weighted by atomic mass is 16.5. The van der Waals surface area contributed by atoms with Crippen LogP contribution in [0.5, 0.6) is 0 Å². The fourth-order valence-corrected chi connectivity index (χ4v) is 1.49. The average molecular weight is 260 g/mol. The van der Waals surface area contributed by atoms with Crippen LogP contribution in [-0.4, -0.2) is 55.4 Å². The van der Waals surface area contributed by atoms with Crippen molar-refractivity contribution in [3.05, 3.63) is 0 Å². The van der Waals surface area contributed by atoms with Gasteiger partial charge in [0.1, 0.15) is 0 Å². The van der Waals surface area contributed by atoms with Gasteiger partial charge in [-0.05, 0) is 5.92 Å². The van der Waals surface area contributed by atoms with Crippen LogP contribution in [0.25, 0.3) is 0 Å². The van der Waals surface area contributed by atoms with Gasteiger partial charge < -0.3 is 20.1 Å². The number of hydrogen-bond donors (Lipinski definition) is 2. The standard InChI is InChI=1S/C12H24N2O4/c1-8(2)10(18-5)6-13-12(17)14(4)7-9(3)11(15)16/h8-10H,6-7H2,1-5H3,(H,13,17)(H,15,16). The van der Waals surface area contributed by atoms with Crippen molar-refractivity contribution in [3.63, 3.8) is 0 Å². The maximum atomic E-state index is 11.7. The van der Waals surface area contributed by atoms with Gasteiger partial charge in [-0.15, -0.1) is 0 Å². The maximum absolute atomic E-state index is 11.7. The van der Waals surface area contributed by atoms with Gasteiger partial charge in [-0.25, -0.2) is 4.79 Å². The van der Waals surface area contributed by atoms with E-state index in [1.807, 2.05) is 13.8 Å². The van der Waals surface area contributed by atoms with Gasteiger partial charge in [0.25, 0.3) is 0 Å². The molecule has 0 aliphatic heterocycles. The van der Waals surface area contributed by atoms with Crippen LogP contribution in [0.4, 0.5) is 4.79 Å². The van der Waals surface area contributed by atoms with E-state index in [1.54, 1.807) is 21.1 Å². The number of carbonyl (C=O) groups is 2. The normalized spacial score (nSPS) is 14.1. The van der Waals surface area contributed by atoms with Crippen LogP contribution in [0.3, 0.4) is 0 Å². The lowest BCUT2D eigenvalue weighted by molar-refractivity contribution is -0.141. The number of rotatable bonds is 7. The Bertz CT molecular complexity index is 281. The smallest absolute Gasteiger partial charge is 0.317 e. The van der Waals surface area contributed by atoms with E-state index in [2.05, 4.69) is 5.32 Å². The minimum absolute atomic E-state index is 0.0424. The topological polar surface area (TPSA) is 78.9 Å².